The number of nitrogens with one attached hydrogen (secondary N) is 1. The number of aromatic amines is 1. The van der Waals surface area contributed by atoms with E-state index in [1.54, 1.807) is 19.4 Å². The molecule has 36 heavy (non-hydrogen) atoms. The number of aromatic nitrogens is 3. The lowest BCUT2D eigenvalue weighted by molar-refractivity contribution is 0.312. The molecule has 2 saturated heterocycles. The molecule has 7 nitrogen and oxygen atoms in total. The van der Waals surface area contributed by atoms with Crippen LogP contribution in [-0.2, 0) is 0 Å². The molecule has 0 bridgehead atoms. The van der Waals surface area contributed by atoms with Gasteiger partial charge in [0.2, 0.25) is 5.88 Å². The first kappa shape index (κ1) is 24.1. The van der Waals surface area contributed by atoms with Crippen LogP contribution >= 0.6 is 0 Å². The number of pyridine rings is 1. The minimum atomic E-state index is 0.178. The maximum Gasteiger partial charge on any atom is 0.221 e. The van der Waals surface area contributed by atoms with Crippen LogP contribution in [0.3, 0.4) is 0 Å². The maximum atomic E-state index is 10.6. The van der Waals surface area contributed by atoms with E-state index in [1.807, 2.05) is 38.1 Å². The molecule has 2 aliphatic rings. The van der Waals surface area contributed by atoms with Crippen LogP contribution < -0.4 is 9.64 Å². The van der Waals surface area contributed by atoms with Gasteiger partial charge in [-0.25, -0.2) is 9.97 Å². The standard InChI is InChI=1S/C27H29N5O2.C2H6/c1-31-12-9-27(16-31)10-13-32(17-27)19-6-7-22-23(15-19)30-25(29-22)21-14-18(5-8-24(21)33)20-4-3-11-28-26(20)34-2;1-2/h3-8,11,14-15,33H,9-10,12-13,16-17H2,1-2H3,(H,29,30);1-2H3. The van der Waals surface area contributed by atoms with Crippen molar-refractivity contribution in [1.29, 1.82) is 0 Å². The Balaban J connectivity index is 0.00000130. The molecule has 7 heteroatoms. The molecule has 0 saturated carbocycles. The Morgan fingerprint density at radius 3 is 2.61 bits per heavy atom. The Morgan fingerprint density at radius 2 is 1.83 bits per heavy atom. The van der Waals surface area contributed by atoms with Crippen LogP contribution in [0, 0.1) is 5.41 Å². The molecule has 2 aromatic heterocycles. The highest BCUT2D eigenvalue weighted by Gasteiger charge is 2.42. The number of aromatic hydroxyl groups is 1. The van der Waals surface area contributed by atoms with Crippen LogP contribution in [0.1, 0.15) is 26.7 Å². The second-order valence-electron chi connectivity index (χ2n) is 9.74. The van der Waals surface area contributed by atoms with E-state index in [0.29, 0.717) is 22.7 Å². The molecular formula is C29H35N5O2. The number of benzene rings is 2. The lowest BCUT2D eigenvalue weighted by Crippen LogP contribution is -2.29. The Labute approximate surface area is 212 Å². The topological polar surface area (TPSA) is 77.5 Å². The zero-order valence-electron chi connectivity index (χ0n) is 21.6. The molecule has 2 fully saturated rings. The highest BCUT2D eigenvalue weighted by molar-refractivity contribution is 5.85. The Kier molecular flexibility index (Phi) is 6.58. The van der Waals surface area contributed by atoms with E-state index in [1.165, 1.54) is 31.6 Å². The second-order valence-corrected chi connectivity index (χ2v) is 9.74. The zero-order chi connectivity index (χ0) is 25.3. The molecule has 0 radical (unpaired) electrons. The number of methoxy groups -OCH3 is 1. The number of anilines is 1. The van der Waals surface area contributed by atoms with Crippen molar-refractivity contribution in [3.05, 3.63) is 54.7 Å². The van der Waals surface area contributed by atoms with E-state index in [2.05, 4.69) is 45.0 Å². The molecule has 4 heterocycles. The van der Waals surface area contributed by atoms with Gasteiger partial charge in [0.05, 0.1) is 23.7 Å². The first-order valence-electron chi connectivity index (χ1n) is 12.8. The second kappa shape index (κ2) is 9.82. The number of phenolic OH excluding ortho intramolecular Hbond substituents is 1. The summed E-state index contributed by atoms with van der Waals surface area (Å²) in [5.41, 5.74) is 5.94. The van der Waals surface area contributed by atoms with Crippen LogP contribution in [0.4, 0.5) is 5.69 Å². The molecule has 1 atom stereocenters. The van der Waals surface area contributed by atoms with Gasteiger partial charge in [0.1, 0.15) is 11.6 Å². The Morgan fingerprint density at radius 1 is 1.00 bits per heavy atom. The van der Waals surface area contributed by atoms with Crippen LogP contribution in [0.2, 0.25) is 0 Å². The number of likely N-dealkylation sites (tertiary alicyclic amines) is 1. The largest absolute Gasteiger partial charge is 0.507 e. The van der Waals surface area contributed by atoms with E-state index in [4.69, 9.17) is 9.72 Å². The number of ether oxygens (including phenoxy) is 1. The van der Waals surface area contributed by atoms with Crippen molar-refractivity contribution in [2.75, 3.05) is 45.2 Å². The quantitative estimate of drug-likeness (QED) is 0.394. The number of fused-ring (bicyclic) bond motifs is 1. The predicted molar refractivity (Wildman–Crippen MR) is 146 cm³/mol. The van der Waals surface area contributed by atoms with Crippen molar-refractivity contribution in [1.82, 2.24) is 19.9 Å². The van der Waals surface area contributed by atoms with E-state index < -0.39 is 0 Å². The SMILES string of the molecule is CC.COc1ncccc1-c1ccc(O)c(-c2nc3ccc(N4CCC5(CCN(C)C5)C4)cc3[nH]2)c1. The third-order valence-electron chi connectivity index (χ3n) is 7.43. The maximum absolute atomic E-state index is 10.6. The average molecular weight is 486 g/mol. The molecule has 1 unspecified atom stereocenters. The molecular weight excluding hydrogens is 450 g/mol. The van der Waals surface area contributed by atoms with Gasteiger partial charge in [0, 0.05) is 42.5 Å². The van der Waals surface area contributed by atoms with Crippen LogP contribution in [0.5, 0.6) is 11.6 Å². The zero-order valence-corrected chi connectivity index (χ0v) is 21.6. The van der Waals surface area contributed by atoms with Crippen LogP contribution in [-0.4, -0.2) is 65.3 Å². The average Bonchev–Trinajstić information content (AvgIpc) is 3.63. The van der Waals surface area contributed by atoms with E-state index in [-0.39, 0.29) is 5.75 Å². The van der Waals surface area contributed by atoms with Crippen molar-refractivity contribution >= 4 is 16.7 Å². The van der Waals surface area contributed by atoms with Gasteiger partial charge >= 0.3 is 0 Å². The number of nitrogens with zero attached hydrogens (tertiary/aromatic N) is 4. The summed E-state index contributed by atoms with van der Waals surface area (Å²) in [6.45, 7) is 8.59. The number of hydrogen-bond acceptors (Lipinski definition) is 6. The smallest absolute Gasteiger partial charge is 0.221 e. The van der Waals surface area contributed by atoms with Gasteiger partial charge in [0.25, 0.3) is 0 Å². The summed E-state index contributed by atoms with van der Waals surface area (Å²) in [6.07, 6.45) is 4.24. The van der Waals surface area contributed by atoms with Crippen molar-refractivity contribution in [3.8, 4) is 34.1 Å². The van der Waals surface area contributed by atoms with Crippen LogP contribution in [0.15, 0.2) is 54.7 Å². The summed E-state index contributed by atoms with van der Waals surface area (Å²) in [5.74, 6) is 1.37. The first-order chi connectivity index (χ1) is 17.5. The number of phenols is 1. The fourth-order valence-corrected chi connectivity index (χ4v) is 5.64. The van der Waals surface area contributed by atoms with E-state index >= 15 is 0 Å². The fourth-order valence-electron chi connectivity index (χ4n) is 5.64. The van der Waals surface area contributed by atoms with E-state index in [9.17, 15) is 5.11 Å². The number of imidazole rings is 1. The minimum Gasteiger partial charge on any atom is -0.507 e. The predicted octanol–water partition coefficient (Wildman–Crippen LogP) is 5.56. The molecule has 2 aromatic carbocycles. The van der Waals surface area contributed by atoms with Crippen molar-refractivity contribution in [3.63, 3.8) is 0 Å². The third kappa shape index (κ3) is 4.39. The number of H-pyrrole nitrogens is 1. The molecule has 1 spiro atoms. The molecule has 2 aliphatic heterocycles. The third-order valence-corrected chi connectivity index (χ3v) is 7.43. The molecule has 2 N–H and O–H groups in total. The molecule has 6 rings (SSSR count). The molecule has 0 aliphatic carbocycles. The Hall–Kier alpha value is -3.58. The first-order valence-corrected chi connectivity index (χ1v) is 12.8. The van der Waals surface area contributed by atoms with Gasteiger partial charge in [-0.3, -0.25) is 0 Å². The van der Waals surface area contributed by atoms with E-state index in [0.717, 1.165) is 35.2 Å². The van der Waals surface area contributed by atoms with Gasteiger partial charge in [-0.15, -0.1) is 0 Å². The van der Waals surface area contributed by atoms with Gasteiger partial charge in [0.15, 0.2) is 0 Å². The minimum absolute atomic E-state index is 0.178. The Bertz CT molecular complexity index is 1370. The normalized spacial score (nSPS) is 19.6. The van der Waals surface area contributed by atoms with Crippen molar-refractivity contribution in [2.45, 2.75) is 26.7 Å². The van der Waals surface area contributed by atoms with Gasteiger partial charge < -0.3 is 24.6 Å². The lowest BCUT2D eigenvalue weighted by atomic mass is 9.86. The summed E-state index contributed by atoms with van der Waals surface area (Å²) in [4.78, 5) is 17.5. The van der Waals surface area contributed by atoms with Crippen LogP contribution in [0.25, 0.3) is 33.5 Å². The molecule has 4 aromatic rings. The molecule has 188 valence electrons. The highest BCUT2D eigenvalue weighted by Crippen LogP contribution is 2.41. The monoisotopic (exact) mass is 485 g/mol. The summed E-state index contributed by atoms with van der Waals surface area (Å²) in [6, 6.07) is 15.7. The number of hydrogen-bond donors (Lipinski definition) is 2. The summed E-state index contributed by atoms with van der Waals surface area (Å²) in [7, 11) is 3.83. The fraction of sp³-hybridized carbons (Fsp3) is 0.379. The summed E-state index contributed by atoms with van der Waals surface area (Å²) in [5, 5.41) is 10.6. The lowest BCUT2D eigenvalue weighted by Gasteiger charge is -2.24. The van der Waals surface area contributed by atoms with Gasteiger partial charge in [-0.2, -0.15) is 0 Å². The highest BCUT2D eigenvalue weighted by atomic mass is 16.5. The number of rotatable bonds is 4. The summed E-state index contributed by atoms with van der Waals surface area (Å²) < 4.78 is 5.42. The molecule has 0 amide bonds. The summed E-state index contributed by atoms with van der Waals surface area (Å²) >= 11 is 0. The van der Waals surface area contributed by atoms with Crippen molar-refractivity contribution < 1.29 is 9.84 Å². The van der Waals surface area contributed by atoms with Gasteiger partial charge in [-0.05, 0) is 74.5 Å². The van der Waals surface area contributed by atoms with Crippen molar-refractivity contribution in [2.24, 2.45) is 5.41 Å². The van der Waals surface area contributed by atoms with Gasteiger partial charge in [-0.1, -0.05) is 19.9 Å².